The summed E-state index contributed by atoms with van der Waals surface area (Å²) in [6.45, 7) is 4.72. The first-order valence-corrected chi connectivity index (χ1v) is 9.22. The molecule has 132 valence electrons. The molecule has 2 aliphatic heterocycles. The molecule has 2 atom stereocenters. The Hall–Kier alpha value is -1.59. The molecule has 0 bridgehead atoms. The molecule has 1 fully saturated rings. The second kappa shape index (κ2) is 7.34. The number of nitrogens with zero attached hydrogens (tertiary/aromatic N) is 1. The van der Waals surface area contributed by atoms with Crippen LogP contribution in [0.3, 0.4) is 0 Å². The second-order valence-corrected chi connectivity index (χ2v) is 7.17. The van der Waals surface area contributed by atoms with Crippen LogP contribution in [0.1, 0.15) is 17.2 Å². The third kappa shape index (κ3) is 3.27. The van der Waals surface area contributed by atoms with E-state index in [9.17, 15) is 0 Å². The molecule has 1 aromatic rings. The summed E-state index contributed by atoms with van der Waals surface area (Å²) in [5.41, 5.74) is 5.01. The van der Waals surface area contributed by atoms with Crippen molar-refractivity contribution in [3.8, 4) is 0 Å². The number of fused-ring (bicyclic) bond motifs is 2. The van der Waals surface area contributed by atoms with E-state index in [1.54, 1.807) is 7.11 Å². The van der Waals surface area contributed by atoms with E-state index in [1.165, 1.54) is 22.3 Å². The molecule has 0 saturated carbocycles. The van der Waals surface area contributed by atoms with Crippen molar-refractivity contribution in [2.45, 2.75) is 12.1 Å². The predicted molar refractivity (Wildman–Crippen MR) is 103 cm³/mol. The number of hydrogen-bond acceptors (Lipinski definition) is 4. The molecule has 25 heavy (non-hydrogen) atoms. The van der Waals surface area contributed by atoms with Crippen LogP contribution < -0.4 is 10.6 Å². The quantitative estimate of drug-likeness (QED) is 0.872. The Morgan fingerprint density at radius 1 is 1.28 bits per heavy atom. The molecule has 3 aliphatic rings. The van der Waals surface area contributed by atoms with Gasteiger partial charge in [-0.3, -0.25) is 4.90 Å². The van der Waals surface area contributed by atoms with Gasteiger partial charge in [-0.25, -0.2) is 0 Å². The first kappa shape index (κ1) is 16.9. The summed E-state index contributed by atoms with van der Waals surface area (Å²) >= 11 is 6.35. The second-order valence-electron chi connectivity index (χ2n) is 6.74. The molecule has 0 radical (unpaired) electrons. The van der Waals surface area contributed by atoms with Crippen LogP contribution in [0.4, 0.5) is 0 Å². The predicted octanol–water partition coefficient (Wildman–Crippen LogP) is 2.74. The van der Waals surface area contributed by atoms with Gasteiger partial charge in [-0.15, -0.1) is 0 Å². The maximum absolute atomic E-state index is 6.35. The van der Waals surface area contributed by atoms with Crippen molar-refractivity contribution < 1.29 is 4.74 Å². The van der Waals surface area contributed by atoms with Crippen LogP contribution in [-0.2, 0) is 4.74 Å². The number of allylic oxidation sites excluding steroid dienone is 2. The van der Waals surface area contributed by atoms with Crippen molar-refractivity contribution in [2.24, 2.45) is 0 Å². The van der Waals surface area contributed by atoms with Gasteiger partial charge in [0.1, 0.15) is 0 Å². The minimum absolute atomic E-state index is 0.234. The van der Waals surface area contributed by atoms with Crippen LogP contribution >= 0.6 is 11.6 Å². The summed E-state index contributed by atoms with van der Waals surface area (Å²) in [7, 11) is 1.74. The number of methoxy groups -OCH3 is 1. The zero-order valence-electron chi connectivity index (χ0n) is 14.5. The smallest absolute Gasteiger partial charge is 0.0719 e. The van der Waals surface area contributed by atoms with E-state index in [0.717, 1.165) is 31.2 Å². The number of piperazine rings is 1. The minimum atomic E-state index is 0.234. The molecule has 0 aromatic heterocycles. The standard InChI is InChI=1S/C20H24ClN3O/c1-25-13-15-11-14-3-2-6-23-19(14)20(24-9-7-22-8-10-24)17-5-4-16(21)12-18(15)17/h2-6,11-12,19-20,22-23H,7-10,13H2,1H3. The van der Waals surface area contributed by atoms with Crippen molar-refractivity contribution in [1.82, 2.24) is 15.5 Å². The fourth-order valence-corrected chi connectivity index (χ4v) is 4.27. The van der Waals surface area contributed by atoms with E-state index >= 15 is 0 Å². The average Bonchev–Trinajstić information content (AvgIpc) is 2.77. The highest BCUT2D eigenvalue weighted by Gasteiger charge is 2.35. The Morgan fingerprint density at radius 2 is 2.12 bits per heavy atom. The summed E-state index contributed by atoms with van der Waals surface area (Å²) < 4.78 is 5.49. The van der Waals surface area contributed by atoms with E-state index in [2.05, 4.69) is 45.9 Å². The molecular formula is C20H24ClN3O. The number of benzene rings is 1. The Morgan fingerprint density at radius 3 is 2.92 bits per heavy atom. The topological polar surface area (TPSA) is 36.5 Å². The van der Waals surface area contributed by atoms with Crippen LogP contribution in [-0.4, -0.2) is 50.8 Å². The monoisotopic (exact) mass is 357 g/mol. The van der Waals surface area contributed by atoms with E-state index in [1.807, 2.05) is 12.3 Å². The molecule has 0 amide bonds. The number of nitrogens with one attached hydrogen (secondary N) is 2. The first-order valence-electron chi connectivity index (χ1n) is 8.85. The number of rotatable bonds is 3. The summed E-state index contributed by atoms with van der Waals surface area (Å²) in [5.74, 6) is 0. The lowest BCUT2D eigenvalue weighted by Crippen LogP contribution is -2.51. The normalized spacial score (nSPS) is 26.0. The van der Waals surface area contributed by atoms with Crippen molar-refractivity contribution in [3.63, 3.8) is 0 Å². The largest absolute Gasteiger partial charge is 0.382 e. The Kier molecular flexibility index (Phi) is 4.95. The van der Waals surface area contributed by atoms with E-state index < -0.39 is 0 Å². The highest BCUT2D eigenvalue weighted by molar-refractivity contribution is 6.30. The summed E-state index contributed by atoms with van der Waals surface area (Å²) in [4.78, 5) is 2.58. The first-order chi connectivity index (χ1) is 12.3. The molecule has 1 saturated heterocycles. The molecule has 0 spiro atoms. The van der Waals surface area contributed by atoms with Crippen LogP contribution in [0.2, 0.25) is 5.02 Å². The average molecular weight is 358 g/mol. The van der Waals surface area contributed by atoms with E-state index in [4.69, 9.17) is 16.3 Å². The van der Waals surface area contributed by atoms with Gasteiger partial charge in [0.25, 0.3) is 0 Å². The van der Waals surface area contributed by atoms with Gasteiger partial charge in [0.2, 0.25) is 0 Å². The third-order valence-electron chi connectivity index (χ3n) is 5.20. The van der Waals surface area contributed by atoms with Gasteiger partial charge in [0, 0.05) is 38.3 Å². The SMILES string of the molecule is COCC1=CC2=CC=CNC2C(N2CCNCC2)c2ccc(Cl)cc21. The Bertz CT molecular complexity index is 734. The Balaban J connectivity index is 1.86. The molecule has 2 unspecified atom stereocenters. The fourth-order valence-electron chi connectivity index (χ4n) is 4.10. The van der Waals surface area contributed by atoms with Crippen molar-refractivity contribution in [2.75, 3.05) is 39.9 Å². The molecule has 2 heterocycles. The fraction of sp³-hybridized carbons (Fsp3) is 0.400. The third-order valence-corrected chi connectivity index (χ3v) is 5.44. The van der Waals surface area contributed by atoms with Crippen molar-refractivity contribution >= 4 is 17.2 Å². The van der Waals surface area contributed by atoms with E-state index in [0.29, 0.717) is 6.61 Å². The number of ether oxygens (including phenoxy) is 1. The van der Waals surface area contributed by atoms with Gasteiger partial charge in [0.15, 0.2) is 0 Å². The van der Waals surface area contributed by atoms with Crippen LogP contribution in [0.15, 0.2) is 48.2 Å². The summed E-state index contributed by atoms with van der Waals surface area (Å²) in [6, 6.07) is 6.79. The molecule has 1 aliphatic carbocycles. The van der Waals surface area contributed by atoms with Gasteiger partial charge in [-0.2, -0.15) is 0 Å². The summed E-state index contributed by atoms with van der Waals surface area (Å²) in [5, 5.41) is 7.82. The minimum Gasteiger partial charge on any atom is -0.382 e. The molecule has 5 heteroatoms. The lowest BCUT2D eigenvalue weighted by Gasteiger charge is -2.40. The van der Waals surface area contributed by atoms with Crippen LogP contribution in [0, 0.1) is 0 Å². The van der Waals surface area contributed by atoms with Crippen molar-refractivity contribution in [1.29, 1.82) is 0 Å². The van der Waals surface area contributed by atoms with Gasteiger partial charge in [-0.05, 0) is 46.7 Å². The van der Waals surface area contributed by atoms with Gasteiger partial charge < -0.3 is 15.4 Å². The van der Waals surface area contributed by atoms with Crippen molar-refractivity contribution in [3.05, 3.63) is 64.3 Å². The number of halogens is 1. The van der Waals surface area contributed by atoms with Gasteiger partial charge in [0.05, 0.1) is 18.7 Å². The Labute approximate surface area is 154 Å². The summed E-state index contributed by atoms with van der Waals surface area (Å²) in [6.07, 6.45) is 8.60. The van der Waals surface area contributed by atoms with Crippen LogP contribution in [0.5, 0.6) is 0 Å². The zero-order valence-corrected chi connectivity index (χ0v) is 15.2. The lowest BCUT2D eigenvalue weighted by atomic mass is 9.90. The highest BCUT2D eigenvalue weighted by atomic mass is 35.5. The zero-order chi connectivity index (χ0) is 17.2. The molecular weight excluding hydrogens is 334 g/mol. The molecule has 1 aromatic carbocycles. The van der Waals surface area contributed by atoms with Crippen LogP contribution in [0.25, 0.3) is 5.57 Å². The van der Waals surface area contributed by atoms with Gasteiger partial charge in [-0.1, -0.05) is 29.8 Å². The maximum atomic E-state index is 6.35. The highest BCUT2D eigenvalue weighted by Crippen LogP contribution is 2.40. The maximum Gasteiger partial charge on any atom is 0.0719 e. The number of hydrogen-bond donors (Lipinski definition) is 2. The lowest BCUT2D eigenvalue weighted by molar-refractivity contribution is 0.153. The molecule has 2 N–H and O–H groups in total. The van der Waals surface area contributed by atoms with E-state index in [-0.39, 0.29) is 12.1 Å². The van der Waals surface area contributed by atoms with Gasteiger partial charge >= 0.3 is 0 Å². The molecule has 4 rings (SSSR count). The molecule has 4 nitrogen and oxygen atoms in total. The number of dihydropyridines is 1.